The van der Waals surface area contributed by atoms with Crippen LogP contribution in [-0.2, 0) is 21.1 Å². The number of halogens is 1. The number of carbonyl (C=O) groups excluding carboxylic acids is 1. The second-order valence-corrected chi connectivity index (χ2v) is 9.22. The Labute approximate surface area is 167 Å². The molecule has 10 heteroatoms. The van der Waals surface area contributed by atoms with Crippen molar-refractivity contribution in [3.05, 3.63) is 53.9 Å². The first-order valence-corrected chi connectivity index (χ1v) is 11.1. The summed E-state index contributed by atoms with van der Waals surface area (Å²) < 4.78 is 39.2. The first-order chi connectivity index (χ1) is 13.8. The van der Waals surface area contributed by atoms with Gasteiger partial charge in [0, 0.05) is 25.3 Å². The third-order valence-corrected chi connectivity index (χ3v) is 6.25. The number of hydrogen-bond donors (Lipinski definition) is 0. The van der Waals surface area contributed by atoms with Gasteiger partial charge in [0.15, 0.2) is 9.84 Å². The number of likely N-dealkylation sites (tertiary alicyclic amines) is 1. The highest BCUT2D eigenvalue weighted by Crippen LogP contribution is 2.31. The van der Waals surface area contributed by atoms with Crippen LogP contribution in [-0.4, -0.2) is 58.2 Å². The third kappa shape index (κ3) is 3.98. The number of nitrogens with zero attached hydrogens (tertiary/aromatic N) is 5. The number of piperidine rings is 1. The molecule has 0 spiro atoms. The molecule has 8 nitrogen and oxygen atoms in total. The van der Waals surface area contributed by atoms with Crippen LogP contribution in [0.4, 0.5) is 4.39 Å². The molecule has 1 aliphatic heterocycles. The van der Waals surface area contributed by atoms with Crippen molar-refractivity contribution in [2.45, 2.75) is 30.1 Å². The van der Waals surface area contributed by atoms with Gasteiger partial charge in [0.2, 0.25) is 5.91 Å². The summed E-state index contributed by atoms with van der Waals surface area (Å²) in [4.78, 5) is 22.8. The van der Waals surface area contributed by atoms with E-state index in [1.165, 1.54) is 29.2 Å². The van der Waals surface area contributed by atoms with Gasteiger partial charge >= 0.3 is 0 Å². The number of hydrogen-bond acceptors (Lipinski definition) is 6. The molecule has 0 aliphatic carbocycles. The van der Waals surface area contributed by atoms with Gasteiger partial charge in [-0.2, -0.15) is 14.6 Å². The lowest BCUT2D eigenvalue weighted by Gasteiger charge is -2.33. The van der Waals surface area contributed by atoms with E-state index in [0.29, 0.717) is 24.6 Å². The Balaban J connectivity index is 1.62. The van der Waals surface area contributed by atoms with Gasteiger partial charge in [-0.15, -0.1) is 0 Å². The van der Waals surface area contributed by atoms with Crippen LogP contribution >= 0.6 is 0 Å². The zero-order chi connectivity index (χ0) is 20.6. The van der Waals surface area contributed by atoms with Gasteiger partial charge < -0.3 is 4.90 Å². The van der Waals surface area contributed by atoms with Crippen LogP contribution < -0.4 is 0 Å². The van der Waals surface area contributed by atoms with Crippen molar-refractivity contribution in [1.29, 1.82) is 0 Å². The molecular weight excluding hydrogens is 397 g/mol. The minimum absolute atomic E-state index is 0.0777. The molecule has 0 saturated carbocycles. The van der Waals surface area contributed by atoms with Crippen LogP contribution in [0.25, 0.3) is 5.78 Å². The quantitative estimate of drug-likeness (QED) is 0.640. The van der Waals surface area contributed by atoms with Gasteiger partial charge in [0.05, 0.1) is 18.3 Å². The highest BCUT2D eigenvalue weighted by molar-refractivity contribution is 7.90. The largest absolute Gasteiger partial charge is 0.342 e. The number of rotatable bonds is 4. The smallest absolute Gasteiger partial charge is 0.252 e. The van der Waals surface area contributed by atoms with E-state index in [9.17, 15) is 17.6 Å². The lowest BCUT2D eigenvalue weighted by molar-refractivity contribution is -0.131. The van der Waals surface area contributed by atoms with Crippen molar-refractivity contribution < 1.29 is 17.6 Å². The summed E-state index contributed by atoms with van der Waals surface area (Å²) in [6.45, 7) is 0.970. The van der Waals surface area contributed by atoms with Crippen molar-refractivity contribution in [2.75, 3.05) is 19.3 Å². The molecule has 3 heterocycles. The van der Waals surface area contributed by atoms with Gasteiger partial charge in [-0.1, -0.05) is 12.1 Å². The van der Waals surface area contributed by atoms with Crippen molar-refractivity contribution in [3.63, 3.8) is 0 Å². The average molecular weight is 417 g/mol. The number of aromatic nitrogens is 4. The molecular formula is C19H20FN5O3S. The van der Waals surface area contributed by atoms with Gasteiger partial charge in [-0.3, -0.25) is 4.79 Å². The normalized spacial score (nSPS) is 17.6. The van der Waals surface area contributed by atoms with E-state index in [-0.39, 0.29) is 29.0 Å². The fraction of sp³-hybridized carbons (Fsp3) is 0.368. The predicted molar refractivity (Wildman–Crippen MR) is 103 cm³/mol. The fourth-order valence-electron chi connectivity index (χ4n) is 3.76. The molecule has 4 rings (SSSR count). The average Bonchev–Trinajstić information content (AvgIpc) is 3.17. The standard InChI is InChI=1S/C19H20FN5O3S/c1-29(27,28)16-10-21-19-22-12-23-25(19)18(16)14-3-2-8-24(11-14)17(26)9-13-4-6-15(20)7-5-13/h4-7,10,12,14H,2-3,8-9,11H2,1H3/t14-/m1/s1. The van der Waals surface area contributed by atoms with Crippen LogP contribution in [0.5, 0.6) is 0 Å². The first kappa shape index (κ1) is 19.4. The molecule has 29 heavy (non-hydrogen) atoms. The lowest BCUT2D eigenvalue weighted by atomic mass is 9.94. The lowest BCUT2D eigenvalue weighted by Crippen LogP contribution is -2.40. The van der Waals surface area contributed by atoms with E-state index in [1.54, 1.807) is 17.0 Å². The van der Waals surface area contributed by atoms with E-state index < -0.39 is 9.84 Å². The Hall–Kier alpha value is -2.88. The second-order valence-electron chi connectivity index (χ2n) is 7.23. The Morgan fingerprint density at radius 2 is 2.00 bits per heavy atom. The summed E-state index contributed by atoms with van der Waals surface area (Å²) in [6.07, 6.45) is 5.41. The van der Waals surface area contributed by atoms with E-state index in [4.69, 9.17) is 0 Å². The number of carbonyl (C=O) groups is 1. The molecule has 152 valence electrons. The molecule has 0 N–H and O–H groups in total. The topological polar surface area (TPSA) is 97.5 Å². The van der Waals surface area contributed by atoms with Crippen molar-refractivity contribution in [2.24, 2.45) is 0 Å². The fourth-order valence-corrected chi connectivity index (χ4v) is 4.63. The number of amides is 1. The van der Waals surface area contributed by atoms with Crippen molar-refractivity contribution >= 4 is 21.5 Å². The van der Waals surface area contributed by atoms with E-state index in [1.807, 2.05) is 0 Å². The molecule has 0 bridgehead atoms. The number of benzene rings is 1. The zero-order valence-electron chi connectivity index (χ0n) is 15.8. The molecule has 2 aromatic heterocycles. The maximum Gasteiger partial charge on any atom is 0.252 e. The maximum atomic E-state index is 13.1. The Morgan fingerprint density at radius 3 is 2.72 bits per heavy atom. The number of sulfone groups is 1. The zero-order valence-corrected chi connectivity index (χ0v) is 16.6. The van der Waals surface area contributed by atoms with Crippen LogP contribution in [0.15, 0.2) is 41.7 Å². The summed E-state index contributed by atoms with van der Waals surface area (Å²) in [5, 5.41) is 4.15. The van der Waals surface area contributed by atoms with Gasteiger partial charge in [0.25, 0.3) is 5.78 Å². The summed E-state index contributed by atoms with van der Waals surface area (Å²) >= 11 is 0. The Morgan fingerprint density at radius 1 is 1.24 bits per heavy atom. The van der Waals surface area contributed by atoms with Crippen LogP contribution in [0.1, 0.15) is 30.0 Å². The number of fused-ring (bicyclic) bond motifs is 1. The summed E-state index contributed by atoms with van der Waals surface area (Å²) in [5.74, 6) is -0.312. The summed E-state index contributed by atoms with van der Waals surface area (Å²) in [5.41, 5.74) is 1.24. The SMILES string of the molecule is CS(=O)(=O)c1cnc2ncnn2c1[C@@H]1CCCN(C(=O)Cc2ccc(F)cc2)C1. The molecule has 1 aliphatic rings. The second kappa shape index (κ2) is 7.51. The Bertz CT molecular complexity index is 1160. The van der Waals surface area contributed by atoms with Crippen molar-refractivity contribution in [1.82, 2.24) is 24.5 Å². The molecule has 3 aromatic rings. The molecule has 1 aromatic carbocycles. The molecule has 1 fully saturated rings. The Kier molecular flexibility index (Phi) is 5.03. The van der Waals surface area contributed by atoms with Gasteiger partial charge in [-0.25, -0.2) is 17.8 Å². The minimum Gasteiger partial charge on any atom is -0.342 e. The molecule has 1 atom stereocenters. The minimum atomic E-state index is -3.53. The summed E-state index contributed by atoms with van der Waals surface area (Å²) in [6, 6.07) is 5.85. The molecule has 0 unspecified atom stereocenters. The van der Waals surface area contributed by atoms with Gasteiger partial charge in [-0.05, 0) is 30.5 Å². The van der Waals surface area contributed by atoms with E-state index >= 15 is 0 Å². The highest BCUT2D eigenvalue weighted by atomic mass is 32.2. The summed E-state index contributed by atoms with van der Waals surface area (Å²) in [7, 11) is -3.53. The van der Waals surface area contributed by atoms with Crippen LogP contribution in [0, 0.1) is 5.82 Å². The maximum absolute atomic E-state index is 13.1. The van der Waals surface area contributed by atoms with E-state index in [0.717, 1.165) is 24.7 Å². The van der Waals surface area contributed by atoms with Gasteiger partial charge in [0.1, 0.15) is 17.0 Å². The third-order valence-electron chi connectivity index (χ3n) is 5.14. The van der Waals surface area contributed by atoms with E-state index in [2.05, 4.69) is 15.1 Å². The molecule has 1 saturated heterocycles. The monoisotopic (exact) mass is 417 g/mol. The predicted octanol–water partition coefficient (Wildman–Crippen LogP) is 1.62. The van der Waals surface area contributed by atoms with Crippen LogP contribution in [0.2, 0.25) is 0 Å². The molecule has 1 amide bonds. The van der Waals surface area contributed by atoms with Crippen molar-refractivity contribution in [3.8, 4) is 0 Å². The first-order valence-electron chi connectivity index (χ1n) is 9.24. The van der Waals surface area contributed by atoms with Crippen LogP contribution in [0.3, 0.4) is 0 Å². The molecule has 0 radical (unpaired) electrons. The highest BCUT2D eigenvalue weighted by Gasteiger charge is 2.31.